The Kier molecular flexibility index (Phi) is 3.43. The summed E-state index contributed by atoms with van der Waals surface area (Å²) in [6.07, 6.45) is 1.17. The number of β-amino-alcohol motifs (C(OH)–C–C–N with tert-alkyl or cyclic N) is 1. The molecular weight excluding hydrogens is 232 g/mol. The van der Waals surface area contributed by atoms with Gasteiger partial charge in [-0.25, -0.2) is 0 Å². The monoisotopic (exact) mass is 252 g/mol. The lowest BCUT2D eigenvalue weighted by molar-refractivity contribution is 0.0465. The first kappa shape index (κ1) is 13.1. The van der Waals surface area contributed by atoms with Gasteiger partial charge < -0.3 is 14.5 Å². The summed E-state index contributed by atoms with van der Waals surface area (Å²) in [4.78, 5) is 13.8. The normalized spacial score (nSPS) is 21.1. The van der Waals surface area contributed by atoms with Crippen molar-refractivity contribution in [2.24, 2.45) is 0 Å². The summed E-state index contributed by atoms with van der Waals surface area (Å²) in [7, 11) is 0. The number of aromatic nitrogens is 1. The van der Waals surface area contributed by atoms with Gasteiger partial charge in [-0.1, -0.05) is 25.9 Å². The second-order valence-corrected chi connectivity index (χ2v) is 5.87. The standard InChI is InChI=1S/C13H20N2O3/c1-13(2,3)11-7-10(14-18-11)12(17)15-6-4-5-9(16)8-15/h7,9,16H,4-6,8H2,1-3H3. The summed E-state index contributed by atoms with van der Waals surface area (Å²) in [6.45, 7) is 7.08. The zero-order valence-electron chi connectivity index (χ0n) is 11.1. The molecule has 0 saturated carbocycles. The summed E-state index contributed by atoms with van der Waals surface area (Å²) >= 11 is 0. The van der Waals surface area contributed by atoms with E-state index in [-0.39, 0.29) is 11.3 Å². The van der Waals surface area contributed by atoms with Gasteiger partial charge in [-0.3, -0.25) is 4.79 Å². The van der Waals surface area contributed by atoms with Crippen LogP contribution in [0.15, 0.2) is 10.6 Å². The van der Waals surface area contributed by atoms with E-state index in [0.717, 1.165) is 12.8 Å². The van der Waals surface area contributed by atoms with Crippen molar-refractivity contribution in [3.05, 3.63) is 17.5 Å². The maximum atomic E-state index is 12.2. The lowest BCUT2D eigenvalue weighted by atomic mass is 9.93. The van der Waals surface area contributed by atoms with Crippen molar-refractivity contribution in [3.8, 4) is 0 Å². The minimum Gasteiger partial charge on any atom is -0.391 e. The first-order valence-corrected chi connectivity index (χ1v) is 6.32. The van der Waals surface area contributed by atoms with E-state index in [2.05, 4.69) is 5.16 Å². The predicted molar refractivity (Wildman–Crippen MR) is 66.3 cm³/mol. The SMILES string of the molecule is CC(C)(C)c1cc(C(=O)N2CCCC(O)C2)no1. The highest BCUT2D eigenvalue weighted by Gasteiger charge is 2.27. The van der Waals surface area contributed by atoms with Crippen LogP contribution in [0, 0.1) is 0 Å². The van der Waals surface area contributed by atoms with Gasteiger partial charge in [-0.05, 0) is 12.8 Å². The Morgan fingerprint density at radius 1 is 1.56 bits per heavy atom. The molecule has 1 amide bonds. The third kappa shape index (κ3) is 2.72. The molecule has 0 bridgehead atoms. The number of hydrogen-bond donors (Lipinski definition) is 1. The minimum absolute atomic E-state index is 0.159. The first-order chi connectivity index (χ1) is 8.38. The van der Waals surface area contributed by atoms with Crippen molar-refractivity contribution in [2.45, 2.75) is 45.1 Å². The van der Waals surface area contributed by atoms with Gasteiger partial charge in [0.05, 0.1) is 6.10 Å². The third-order valence-corrected chi connectivity index (χ3v) is 3.15. The minimum atomic E-state index is -0.420. The highest BCUT2D eigenvalue weighted by Crippen LogP contribution is 2.23. The smallest absolute Gasteiger partial charge is 0.276 e. The number of aliphatic hydroxyl groups is 1. The van der Waals surface area contributed by atoms with Crippen molar-refractivity contribution in [1.82, 2.24) is 10.1 Å². The first-order valence-electron chi connectivity index (χ1n) is 6.32. The molecule has 0 aliphatic carbocycles. The number of nitrogens with zero attached hydrogens (tertiary/aromatic N) is 2. The average Bonchev–Trinajstić information content (AvgIpc) is 2.77. The van der Waals surface area contributed by atoms with E-state index in [4.69, 9.17) is 4.52 Å². The second-order valence-electron chi connectivity index (χ2n) is 5.87. The summed E-state index contributed by atoms with van der Waals surface area (Å²) in [5.74, 6) is 0.538. The molecule has 2 heterocycles. The molecule has 0 aromatic carbocycles. The molecule has 1 N–H and O–H groups in total. The van der Waals surface area contributed by atoms with Crippen molar-refractivity contribution < 1.29 is 14.4 Å². The number of hydrogen-bond acceptors (Lipinski definition) is 4. The van der Waals surface area contributed by atoms with Crippen LogP contribution in [0.2, 0.25) is 0 Å². The number of piperidine rings is 1. The molecule has 1 atom stereocenters. The van der Waals surface area contributed by atoms with Crippen molar-refractivity contribution in [3.63, 3.8) is 0 Å². The van der Waals surface area contributed by atoms with Crippen LogP contribution in [0.25, 0.3) is 0 Å². The fourth-order valence-corrected chi connectivity index (χ4v) is 2.03. The van der Waals surface area contributed by atoms with Crippen LogP contribution in [-0.2, 0) is 5.41 Å². The Hall–Kier alpha value is -1.36. The molecule has 1 aromatic rings. The van der Waals surface area contributed by atoms with Crippen LogP contribution in [-0.4, -0.2) is 40.3 Å². The molecular formula is C13H20N2O3. The zero-order valence-corrected chi connectivity index (χ0v) is 11.1. The highest BCUT2D eigenvalue weighted by atomic mass is 16.5. The lowest BCUT2D eigenvalue weighted by Gasteiger charge is -2.29. The largest absolute Gasteiger partial charge is 0.391 e. The average molecular weight is 252 g/mol. The molecule has 0 spiro atoms. The Labute approximate surface area is 107 Å². The maximum absolute atomic E-state index is 12.2. The Morgan fingerprint density at radius 2 is 2.28 bits per heavy atom. The Balaban J connectivity index is 2.11. The van der Waals surface area contributed by atoms with Crippen molar-refractivity contribution in [1.29, 1.82) is 0 Å². The van der Waals surface area contributed by atoms with E-state index in [1.807, 2.05) is 20.8 Å². The molecule has 1 aromatic heterocycles. The number of rotatable bonds is 1. The second kappa shape index (κ2) is 4.72. The van der Waals surface area contributed by atoms with Crippen LogP contribution in [0.4, 0.5) is 0 Å². The number of carbonyl (C=O) groups excluding carboxylic acids is 1. The van der Waals surface area contributed by atoms with E-state index >= 15 is 0 Å². The quantitative estimate of drug-likeness (QED) is 0.824. The maximum Gasteiger partial charge on any atom is 0.276 e. The summed E-state index contributed by atoms with van der Waals surface area (Å²) in [5.41, 5.74) is 0.168. The summed E-state index contributed by atoms with van der Waals surface area (Å²) < 4.78 is 5.21. The molecule has 1 unspecified atom stereocenters. The molecule has 1 aliphatic heterocycles. The van der Waals surface area contributed by atoms with E-state index in [9.17, 15) is 9.90 Å². The molecule has 5 heteroatoms. The van der Waals surface area contributed by atoms with E-state index < -0.39 is 6.10 Å². The van der Waals surface area contributed by atoms with Crippen LogP contribution < -0.4 is 0 Å². The van der Waals surface area contributed by atoms with Gasteiger partial charge in [0, 0.05) is 24.6 Å². The van der Waals surface area contributed by atoms with Gasteiger partial charge in [0.2, 0.25) is 0 Å². The third-order valence-electron chi connectivity index (χ3n) is 3.15. The number of carbonyl (C=O) groups is 1. The van der Waals surface area contributed by atoms with Gasteiger partial charge in [0.15, 0.2) is 5.69 Å². The molecule has 1 saturated heterocycles. The van der Waals surface area contributed by atoms with E-state index in [1.54, 1.807) is 11.0 Å². The molecule has 100 valence electrons. The summed E-state index contributed by atoms with van der Waals surface area (Å²) in [6, 6.07) is 1.70. The molecule has 2 rings (SSSR count). The van der Waals surface area contributed by atoms with Gasteiger partial charge in [0.25, 0.3) is 5.91 Å². The Morgan fingerprint density at radius 3 is 2.83 bits per heavy atom. The predicted octanol–water partition coefficient (Wildman–Crippen LogP) is 1.57. The van der Waals surface area contributed by atoms with Crippen molar-refractivity contribution in [2.75, 3.05) is 13.1 Å². The molecule has 0 radical (unpaired) electrons. The van der Waals surface area contributed by atoms with Gasteiger partial charge >= 0.3 is 0 Å². The van der Waals surface area contributed by atoms with E-state index in [0.29, 0.717) is 24.5 Å². The number of aliphatic hydroxyl groups excluding tert-OH is 1. The van der Waals surface area contributed by atoms with Crippen LogP contribution in [0.5, 0.6) is 0 Å². The fourth-order valence-electron chi connectivity index (χ4n) is 2.03. The van der Waals surface area contributed by atoms with Gasteiger partial charge in [0.1, 0.15) is 5.76 Å². The molecule has 18 heavy (non-hydrogen) atoms. The fraction of sp³-hybridized carbons (Fsp3) is 0.692. The topological polar surface area (TPSA) is 66.6 Å². The molecule has 1 fully saturated rings. The summed E-state index contributed by atoms with van der Waals surface area (Å²) in [5, 5.41) is 13.4. The molecule has 1 aliphatic rings. The number of amides is 1. The van der Waals surface area contributed by atoms with Crippen LogP contribution in [0.3, 0.4) is 0 Å². The lowest BCUT2D eigenvalue weighted by Crippen LogP contribution is -2.42. The number of likely N-dealkylation sites (tertiary alicyclic amines) is 1. The van der Waals surface area contributed by atoms with Crippen LogP contribution >= 0.6 is 0 Å². The van der Waals surface area contributed by atoms with Gasteiger partial charge in [-0.15, -0.1) is 0 Å². The molecule has 5 nitrogen and oxygen atoms in total. The van der Waals surface area contributed by atoms with Crippen molar-refractivity contribution >= 4 is 5.91 Å². The zero-order chi connectivity index (χ0) is 13.3. The highest BCUT2D eigenvalue weighted by molar-refractivity contribution is 5.92. The van der Waals surface area contributed by atoms with E-state index in [1.165, 1.54) is 0 Å². The van der Waals surface area contributed by atoms with Crippen LogP contribution in [0.1, 0.15) is 49.9 Å². The van der Waals surface area contributed by atoms with Gasteiger partial charge in [-0.2, -0.15) is 0 Å². The Bertz CT molecular complexity index is 434.